The molecule has 2 amide bonds. The van der Waals surface area contributed by atoms with Crippen molar-refractivity contribution in [2.45, 2.75) is 51.3 Å². The number of piperidine rings is 1. The largest absolute Gasteiger partial charge is 0.444 e. The van der Waals surface area contributed by atoms with E-state index in [1.54, 1.807) is 4.90 Å². The third-order valence-electron chi connectivity index (χ3n) is 5.11. The van der Waals surface area contributed by atoms with E-state index in [9.17, 15) is 9.59 Å². The maximum absolute atomic E-state index is 12.8. The highest BCUT2D eigenvalue weighted by Gasteiger charge is 2.56. The molecule has 1 aromatic heterocycles. The first-order valence-corrected chi connectivity index (χ1v) is 10.1. The van der Waals surface area contributed by atoms with E-state index in [1.165, 1.54) is 0 Å². The summed E-state index contributed by atoms with van der Waals surface area (Å²) in [7, 11) is 0. The smallest absolute Gasteiger partial charge is 0.411 e. The summed E-state index contributed by atoms with van der Waals surface area (Å²) in [6.07, 6.45) is 1.44. The van der Waals surface area contributed by atoms with E-state index in [-0.39, 0.29) is 23.9 Å². The minimum Gasteiger partial charge on any atom is -0.444 e. The van der Waals surface area contributed by atoms with Crippen molar-refractivity contribution in [1.29, 1.82) is 0 Å². The number of primary amides is 1. The summed E-state index contributed by atoms with van der Waals surface area (Å²) in [5.74, 6) is 0.448. The molecule has 8 heteroatoms. The monoisotopic (exact) mass is 446 g/mol. The summed E-state index contributed by atoms with van der Waals surface area (Å²) < 4.78 is 6.53. The summed E-state index contributed by atoms with van der Waals surface area (Å²) in [6, 6.07) is 7.43. The number of imidazole rings is 1. The Balaban J connectivity index is 1.69. The normalized spacial score (nSPS) is 23.4. The molecule has 2 unspecified atom stereocenters. The SMILES string of the molecule is CC(C)(C)OC(=O)N1C2CC2C[C@H]1c1nc(-c2ccc(Br)cc2)c(C(N)=O)[nH]1. The van der Waals surface area contributed by atoms with Gasteiger partial charge in [0.25, 0.3) is 5.91 Å². The van der Waals surface area contributed by atoms with Gasteiger partial charge in [-0.2, -0.15) is 0 Å². The quantitative estimate of drug-likeness (QED) is 0.743. The molecule has 3 atom stereocenters. The Kier molecular flexibility index (Phi) is 4.49. The molecule has 2 aliphatic rings. The number of carbonyl (C=O) groups excluding carboxylic acids is 2. The minimum absolute atomic E-state index is 0.179. The van der Waals surface area contributed by atoms with Crippen molar-refractivity contribution >= 4 is 27.9 Å². The molecular formula is C20H23BrN4O3. The van der Waals surface area contributed by atoms with Crippen LogP contribution in [-0.4, -0.2) is 38.5 Å². The van der Waals surface area contributed by atoms with Crippen LogP contribution >= 0.6 is 15.9 Å². The molecule has 148 valence electrons. The predicted molar refractivity (Wildman–Crippen MR) is 108 cm³/mol. The number of fused-ring (bicyclic) bond motifs is 1. The van der Waals surface area contributed by atoms with Crippen molar-refractivity contribution in [3.63, 3.8) is 0 Å². The van der Waals surface area contributed by atoms with Gasteiger partial charge >= 0.3 is 6.09 Å². The lowest BCUT2D eigenvalue weighted by atomic mass is 10.1. The molecule has 1 saturated carbocycles. The molecule has 28 heavy (non-hydrogen) atoms. The lowest BCUT2D eigenvalue weighted by Crippen LogP contribution is -2.38. The van der Waals surface area contributed by atoms with Gasteiger partial charge < -0.3 is 15.5 Å². The molecule has 2 fully saturated rings. The Morgan fingerprint density at radius 1 is 1.25 bits per heavy atom. The summed E-state index contributed by atoms with van der Waals surface area (Å²) in [6.45, 7) is 5.55. The van der Waals surface area contributed by atoms with Gasteiger partial charge in [0.1, 0.15) is 22.8 Å². The molecule has 7 nitrogen and oxygen atoms in total. The van der Waals surface area contributed by atoms with E-state index >= 15 is 0 Å². The number of nitrogens with zero attached hydrogens (tertiary/aromatic N) is 2. The molecule has 1 aliphatic heterocycles. The van der Waals surface area contributed by atoms with Crippen molar-refractivity contribution in [3.8, 4) is 11.3 Å². The number of nitrogens with one attached hydrogen (secondary N) is 1. The highest BCUT2D eigenvalue weighted by molar-refractivity contribution is 9.10. The summed E-state index contributed by atoms with van der Waals surface area (Å²) >= 11 is 3.41. The van der Waals surface area contributed by atoms with Crippen molar-refractivity contribution in [2.24, 2.45) is 11.7 Å². The van der Waals surface area contributed by atoms with Crippen LogP contribution in [0.3, 0.4) is 0 Å². The fraction of sp³-hybridized carbons (Fsp3) is 0.450. The Labute approximate surface area is 171 Å². The van der Waals surface area contributed by atoms with Crippen LogP contribution < -0.4 is 5.73 Å². The number of carbonyl (C=O) groups is 2. The Hall–Kier alpha value is -2.35. The van der Waals surface area contributed by atoms with Gasteiger partial charge in [-0.05, 0) is 51.7 Å². The molecule has 2 heterocycles. The number of aromatic amines is 1. The van der Waals surface area contributed by atoms with Gasteiger partial charge in [-0.25, -0.2) is 9.78 Å². The molecule has 1 aliphatic carbocycles. The maximum Gasteiger partial charge on any atom is 0.411 e. The zero-order valence-electron chi connectivity index (χ0n) is 16.0. The van der Waals surface area contributed by atoms with Crippen LogP contribution in [0.1, 0.15) is 56.0 Å². The van der Waals surface area contributed by atoms with Crippen LogP contribution in [0.5, 0.6) is 0 Å². The number of rotatable bonds is 3. The van der Waals surface area contributed by atoms with Crippen molar-refractivity contribution < 1.29 is 14.3 Å². The Bertz CT molecular complexity index is 932. The number of aromatic nitrogens is 2. The highest BCUT2D eigenvalue weighted by atomic mass is 79.9. The second-order valence-electron chi connectivity index (χ2n) is 8.42. The van der Waals surface area contributed by atoms with Crippen molar-refractivity contribution in [1.82, 2.24) is 14.9 Å². The van der Waals surface area contributed by atoms with Gasteiger partial charge in [-0.15, -0.1) is 0 Å². The predicted octanol–water partition coefficient (Wildman–Crippen LogP) is 4.01. The van der Waals surface area contributed by atoms with Gasteiger partial charge in [-0.3, -0.25) is 9.69 Å². The average Bonchev–Trinajstić information content (AvgIpc) is 3.04. The number of amides is 2. The molecule has 0 spiro atoms. The van der Waals surface area contributed by atoms with Crippen LogP contribution in [-0.2, 0) is 4.74 Å². The number of hydrogen-bond acceptors (Lipinski definition) is 4. The fourth-order valence-electron chi connectivity index (χ4n) is 3.82. The van der Waals surface area contributed by atoms with E-state index in [0.717, 1.165) is 22.9 Å². The second kappa shape index (κ2) is 6.62. The van der Waals surface area contributed by atoms with Gasteiger partial charge in [0.05, 0.1) is 6.04 Å². The van der Waals surface area contributed by atoms with E-state index in [4.69, 9.17) is 10.5 Å². The zero-order valence-corrected chi connectivity index (χ0v) is 17.6. The van der Waals surface area contributed by atoms with Gasteiger partial charge in [0, 0.05) is 16.1 Å². The molecule has 4 rings (SSSR count). The zero-order chi connectivity index (χ0) is 20.2. The van der Waals surface area contributed by atoms with Crippen molar-refractivity contribution in [3.05, 3.63) is 40.3 Å². The second-order valence-corrected chi connectivity index (χ2v) is 9.33. The summed E-state index contributed by atoms with van der Waals surface area (Å²) in [4.78, 5) is 34.3. The first kappa shape index (κ1) is 19.0. The number of H-pyrrole nitrogens is 1. The lowest BCUT2D eigenvalue weighted by molar-refractivity contribution is 0.0175. The number of nitrogens with two attached hydrogens (primary N) is 1. The number of halogens is 1. The standard InChI is InChI=1S/C20H23BrN4O3/c1-20(2,3)28-19(27)25-13-8-11(13)9-14(25)18-23-15(16(24-18)17(22)26)10-4-6-12(21)7-5-10/h4-7,11,13-14H,8-9H2,1-3H3,(H2,22,26)(H,23,24)/t11?,13?,14-/m0/s1. The van der Waals surface area contributed by atoms with Gasteiger partial charge in [0.2, 0.25) is 0 Å². The van der Waals surface area contributed by atoms with Crippen molar-refractivity contribution in [2.75, 3.05) is 0 Å². The maximum atomic E-state index is 12.8. The fourth-order valence-corrected chi connectivity index (χ4v) is 4.09. The molecule has 3 N–H and O–H groups in total. The topological polar surface area (TPSA) is 101 Å². The average molecular weight is 447 g/mol. The van der Waals surface area contributed by atoms with E-state index in [1.807, 2.05) is 45.0 Å². The van der Waals surface area contributed by atoms with Crippen LogP contribution in [0.25, 0.3) is 11.3 Å². The van der Waals surface area contributed by atoms with Gasteiger partial charge in [0.15, 0.2) is 0 Å². The molecule has 1 saturated heterocycles. The third kappa shape index (κ3) is 3.53. The van der Waals surface area contributed by atoms with Gasteiger partial charge in [-0.1, -0.05) is 28.1 Å². The highest BCUT2D eigenvalue weighted by Crippen LogP contribution is 2.53. The third-order valence-corrected chi connectivity index (χ3v) is 5.64. The molecule has 0 bridgehead atoms. The van der Waals surface area contributed by atoms with Crippen LogP contribution in [0, 0.1) is 5.92 Å². The van der Waals surface area contributed by atoms with E-state index < -0.39 is 11.5 Å². The molecule has 2 aromatic rings. The number of likely N-dealkylation sites (tertiary alicyclic amines) is 1. The van der Waals surface area contributed by atoms with Crippen LogP contribution in [0.4, 0.5) is 4.79 Å². The number of ether oxygens (including phenoxy) is 1. The summed E-state index contributed by atoms with van der Waals surface area (Å²) in [5.41, 5.74) is 6.55. The molecular weight excluding hydrogens is 424 g/mol. The number of benzene rings is 1. The van der Waals surface area contributed by atoms with E-state index in [0.29, 0.717) is 17.4 Å². The van der Waals surface area contributed by atoms with E-state index in [2.05, 4.69) is 25.9 Å². The lowest BCUT2D eigenvalue weighted by Gasteiger charge is -2.29. The molecule has 1 aromatic carbocycles. The Morgan fingerprint density at radius 2 is 1.93 bits per heavy atom. The number of hydrogen-bond donors (Lipinski definition) is 2. The van der Waals surface area contributed by atoms with Crippen LogP contribution in [0.2, 0.25) is 0 Å². The minimum atomic E-state index is -0.580. The first-order valence-electron chi connectivity index (χ1n) is 9.31. The first-order chi connectivity index (χ1) is 13.1. The Morgan fingerprint density at radius 3 is 2.54 bits per heavy atom. The molecule has 0 radical (unpaired) electrons. The summed E-state index contributed by atoms with van der Waals surface area (Å²) in [5, 5.41) is 0. The van der Waals surface area contributed by atoms with Crippen LogP contribution in [0.15, 0.2) is 28.7 Å².